The van der Waals surface area contributed by atoms with Crippen molar-refractivity contribution in [1.82, 2.24) is 5.43 Å². The lowest BCUT2D eigenvalue weighted by Gasteiger charge is -2.14. The van der Waals surface area contributed by atoms with E-state index in [9.17, 15) is 4.79 Å². The van der Waals surface area contributed by atoms with Crippen LogP contribution in [0.3, 0.4) is 0 Å². The van der Waals surface area contributed by atoms with Crippen LogP contribution in [0.2, 0.25) is 5.02 Å². The number of ether oxygens (including phenoxy) is 4. The Labute approximate surface area is 239 Å². The van der Waals surface area contributed by atoms with Gasteiger partial charge in [-0.05, 0) is 60.9 Å². The zero-order valence-electron chi connectivity index (χ0n) is 22.6. The summed E-state index contributed by atoms with van der Waals surface area (Å²) in [5.41, 5.74) is 6.76. The van der Waals surface area contributed by atoms with E-state index in [1.165, 1.54) is 18.9 Å². The van der Waals surface area contributed by atoms with Crippen molar-refractivity contribution in [3.8, 4) is 23.0 Å². The Bertz CT molecular complexity index is 1460. The summed E-state index contributed by atoms with van der Waals surface area (Å²) in [7, 11) is 1.54. The molecule has 0 aliphatic rings. The van der Waals surface area contributed by atoms with Crippen LogP contribution in [0.5, 0.6) is 23.0 Å². The van der Waals surface area contributed by atoms with Gasteiger partial charge < -0.3 is 18.9 Å². The Morgan fingerprint density at radius 2 is 1.57 bits per heavy atom. The molecule has 7 nitrogen and oxygen atoms in total. The molecule has 4 aromatic rings. The second kappa shape index (κ2) is 14.1. The number of hydrogen-bond acceptors (Lipinski definition) is 6. The van der Waals surface area contributed by atoms with Gasteiger partial charge in [0.2, 0.25) is 0 Å². The Kier molecular flexibility index (Phi) is 10.0. The molecule has 0 spiro atoms. The van der Waals surface area contributed by atoms with Gasteiger partial charge in [-0.25, -0.2) is 5.43 Å². The number of halogens is 1. The standard InChI is InChI=1S/C32H31ClN2O5/c1-4-38-29-18-26(14-15-28(29)39-20-23-8-6-5-7-9-23)32(36)35-34-19-25-16-27(33)31(30(17-25)37-3)40-21-24-12-10-22(2)11-13-24/h5-19H,4,20-21H2,1-3H3,(H,35,36)/b34-19+. The fraction of sp³-hybridized carbons (Fsp3) is 0.188. The molecule has 0 heterocycles. The monoisotopic (exact) mass is 558 g/mol. The molecule has 0 radical (unpaired) electrons. The number of carbonyl (C=O) groups is 1. The van der Waals surface area contributed by atoms with E-state index >= 15 is 0 Å². The second-order valence-corrected chi connectivity index (χ2v) is 9.28. The SMILES string of the molecule is CCOc1cc(C(=O)N/N=C/c2cc(Cl)c(OCc3ccc(C)cc3)c(OC)c2)ccc1OCc1ccccc1. The number of rotatable bonds is 12. The van der Waals surface area contributed by atoms with Crippen molar-refractivity contribution >= 4 is 23.7 Å². The third-order valence-electron chi connectivity index (χ3n) is 5.88. The van der Waals surface area contributed by atoms with E-state index in [-0.39, 0.29) is 0 Å². The third kappa shape index (κ3) is 7.77. The zero-order valence-corrected chi connectivity index (χ0v) is 23.4. The fourth-order valence-electron chi connectivity index (χ4n) is 3.80. The predicted octanol–water partition coefficient (Wildman–Crippen LogP) is 6.98. The first-order valence-corrected chi connectivity index (χ1v) is 13.2. The molecular weight excluding hydrogens is 528 g/mol. The first-order valence-electron chi connectivity index (χ1n) is 12.8. The van der Waals surface area contributed by atoms with Crippen LogP contribution in [-0.4, -0.2) is 25.8 Å². The highest BCUT2D eigenvalue weighted by atomic mass is 35.5. The molecule has 40 heavy (non-hydrogen) atoms. The summed E-state index contributed by atoms with van der Waals surface area (Å²) in [6.45, 7) is 5.07. The summed E-state index contributed by atoms with van der Waals surface area (Å²) < 4.78 is 23.0. The molecule has 4 rings (SSSR count). The van der Waals surface area contributed by atoms with Crippen LogP contribution in [-0.2, 0) is 13.2 Å². The molecule has 0 aromatic heterocycles. The maximum absolute atomic E-state index is 12.8. The van der Waals surface area contributed by atoms with E-state index in [2.05, 4.69) is 10.5 Å². The summed E-state index contributed by atoms with van der Waals surface area (Å²) >= 11 is 6.49. The third-order valence-corrected chi connectivity index (χ3v) is 6.16. The van der Waals surface area contributed by atoms with Crippen LogP contribution < -0.4 is 24.4 Å². The van der Waals surface area contributed by atoms with Crippen molar-refractivity contribution in [3.63, 3.8) is 0 Å². The minimum absolute atomic E-state index is 0.347. The van der Waals surface area contributed by atoms with E-state index < -0.39 is 5.91 Å². The molecule has 206 valence electrons. The van der Waals surface area contributed by atoms with Gasteiger partial charge in [0.15, 0.2) is 23.0 Å². The molecule has 0 atom stereocenters. The number of hydrazone groups is 1. The number of aryl methyl sites for hydroxylation is 1. The van der Waals surface area contributed by atoms with Gasteiger partial charge >= 0.3 is 0 Å². The van der Waals surface area contributed by atoms with Crippen molar-refractivity contribution < 1.29 is 23.7 Å². The van der Waals surface area contributed by atoms with Gasteiger partial charge in [-0.3, -0.25) is 4.79 Å². The normalized spacial score (nSPS) is 10.8. The summed E-state index contributed by atoms with van der Waals surface area (Å²) in [5, 5.41) is 4.46. The molecule has 8 heteroatoms. The number of nitrogens with zero attached hydrogens (tertiary/aromatic N) is 1. The smallest absolute Gasteiger partial charge is 0.271 e. The van der Waals surface area contributed by atoms with E-state index in [0.717, 1.165) is 11.1 Å². The van der Waals surface area contributed by atoms with E-state index in [1.54, 1.807) is 30.3 Å². The predicted molar refractivity (Wildman–Crippen MR) is 157 cm³/mol. The summed E-state index contributed by atoms with van der Waals surface area (Å²) in [6.07, 6.45) is 1.48. The number of amides is 1. The highest BCUT2D eigenvalue weighted by Crippen LogP contribution is 2.36. The number of hydrogen-bond donors (Lipinski definition) is 1. The maximum atomic E-state index is 12.8. The highest BCUT2D eigenvalue weighted by molar-refractivity contribution is 6.32. The Morgan fingerprint density at radius 3 is 2.30 bits per heavy atom. The molecule has 0 aliphatic carbocycles. The number of methoxy groups -OCH3 is 1. The molecule has 1 amide bonds. The first-order chi connectivity index (χ1) is 19.5. The van der Waals surface area contributed by atoms with Gasteiger partial charge in [0.05, 0.1) is 25.0 Å². The van der Waals surface area contributed by atoms with Crippen molar-refractivity contribution in [2.45, 2.75) is 27.1 Å². The molecule has 1 N–H and O–H groups in total. The number of carbonyl (C=O) groups excluding carboxylic acids is 1. The lowest BCUT2D eigenvalue weighted by molar-refractivity contribution is 0.0954. The van der Waals surface area contributed by atoms with E-state index in [4.69, 9.17) is 30.5 Å². The van der Waals surface area contributed by atoms with Crippen LogP contribution >= 0.6 is 11.6 Å². The molecule has 0 unspecified atom stereocenters. The average molecular weight is 559 g/mol. The van der Waals surface area contributed by atoms with E-state index in [1.807, 2.05) is 68.4 Å². The molecule has 4 aromatic carbocycles. The molecule has 0 aliphatic heterocycles. The lowest BCUT2D eigenvalue weighted by atomic mass is 10.1. The van der Waals surface area contributed by atoms with Crippen molar-refractivity contribution in [1.29, 1.82) is 0 Å². The van der Waals surface area contributed by atoms with Gasteiger partial charge in [-0.15, -0.1) is 0 Å². The maximum Gasteiger partial charge on any atom is 0.271 e. The van der Waals surface area contributed by atoms with Gasteiger partial charge in [-0.2, -0.15) is 5.10 Å². The quantitative estimate of drug-likeness (QED) is 0.150. The first kappa shape index (κ1) is 28.5. The van der Waals surface area contributed by atoms with E-state index in [0.29, 0.717) is 59.0 Å². The Morgan fingerprint density at radius 1 is 0.850 bits per heavy atom. The lowest BCUT2D eigenvalue weighted by Crippen LogP contribution is -2.17. The topological polar surface area (TPSA) is 78.4 Å². The van der Waals surface area contributed by atoms with Crippen LogP contribution in [0.25, 0.3) is 0 Å². The van der Waals surface area contributed by atoms with Crippen molar-refractivity contribution in [2.24, 2.45) is 5.10 Å². The second-order valence-electron chi connectivity index (χ2n) is 8.88. The zero-order chi connectivity index (χ0) is 28.3. The molecular formula is C32H31ClN2O5. The molecule has 0 bridgehead atoms. The van der Waals surface area contributed by atoms with Crippen LogP contribution in [0.1, 0.15) is 39.5 Å². The van der Waals surface area contributed by atoms with Gasteiger partial charge in [0.25, 0.3) is 5.91 Å². The average Bonchev–Trinajstić information content (AvgIpc) is 2.97. The number of nitrogens with one attached hydrogen (secondary N) is 1. The molecule has 0 fully saturated rings. The van der Waals surface area contributed by atoms with Crippen molar-refractivity contribution in [3.05, 3.63) is 118 Å². The summed E-state index contributed by atoms with van der Waals surface area (Å²) in [6, 6.07) is 26.3. The van der Waals surface area contributed by atoms with Gasteiger partial charge in [0.1, 0.15) is 13.2 Å². The van der Waals surface area contributed by atoms with Crippen LogP contribution in [0.4, 0.5) is 0 Å². The Balaban J connectivity index is 1.40. The van der Waals surface area contributed by atoms with Gasteiger partial charge in [-0.1, -0.05) is 71.8 Å². The minimum atomic E-state index is -0.400. The van der Waals surface area contributed by atoms with Crippen LogP contribution in [0, 0.1) is 6.92 Å². The Hall–Kier alpha value is -4.49. The van der Waals surface area contributed by atoms with Gasteiger partial charge in [0, 0.05) is 5.56 Å². The minimum Gasteiger partial charge on any atom is -0.493 e. The highest BCUT2D eigenvalue weighted by Gasteiger charge is 2.14. The summed E-state index contributed by atoms with van der Waals surface area (Å²) in [5.74, 6) is 1.52. The largest absolute Gasteiger partial charge is 0.493 e. The van der Waals surface area contributed by atoms with Crippen molar-refractivity contribution in [2.75, 3.05) is 13.7 Å². The summed E-state index contributed by atoms with van der Waals surface area (Å²) in [4.78, 5) is 12.8. The molecule has 0 saturated heterocycles. The van der Waals surface area contributed by atoms with Crippen LogP contribution in [0.15, 0.2) is 90.0 Å². The fourth-order valence-corrected chi connectivity index (χ4v) is 4.07. The number of benzene rings is 4. The molecule has 0 saturated carbocycles.